The molecule has 6 amide bonds. The molecule has 0 saturated carbocycles. The fourth-order valence-electron chi connectivity index (χ4n) is 8.18. The van der Waals surface area contributed by atoms with Gasteiger partial charge in [0.05, 0.1) is 24.2 Å². The number of aryl methyl sites for hydroxylation is 1. The predicted molar refractivity (Wildman–Crippen MR) is 221 cm³/mol. The van der Waals surface area contributed by atoms with Gasteiger partial charge in [0.1, 0.15) is 11.1 Å². The number of carboxylic acid groups (broad SMARTS) is 2. The van der Waals surface area contributed by atoms with E-state index in [9.17, 15) is 39.0 Å². The molecule has 6 rings (SSSR count). The minimum Gasteiger partial charge on any atom is -0.465 e. The first-order valence-corrected chi connectivity index (χ1v) is 19.2. The average molecular weight is 789 g/mol. The number of amides is 6. The lowest BCUT2D eigenvalue weighted by Gasteiger charge is -2.34. The average Bonchev–Trinajstić information content (AvgIpc) is 3.79. The number of carbonyl (C=O) groups excluding carboxylic acids is 4. The number of nitrogens with one attached hydrogen (secondary N) is 4. The first kappa shape index (κ1) is 40.9. The van der Waals surface area contributed by atoms with Gasteiger partial charge >= 0.3 is 12.2 Å². The molecule has 0 spiro atoms. The molecule has 1 unspecified atom stereocenters. The second-order valence-electron chi connectivity index (χ2n) is 15.3. The van der Waals surface area contributed by atoms with Crippen molar-refractivity contribution in [1.29, 1.82) is 0 Å². The minimum absolute atomic E-state index is 0.0500. The zero-order valence-electron chi connectivity index (χ0n) is 33.0. The van der Waals surface area contributed by atoms with Gasteiger partial charge in [0.15, 0.2) is 0 Å². The summed E-state index contributed by atoms with van der Waals surface area (Å²) in [7, 11) is 0. The maximum Gasteiger partial charge on any atom is 0.409 e. The molecular formula is C44H48N6O8. The topological polar surface area (TPSA) is 197 Å². The summed E-state index contributed by atoms with van der Waals surface area (Å²) in [5, 5.41) is 30.5. The molecule has 0 aliphatic carbocycles. The number of carbonyl (C=O) groups is 6. The monoisotopic (exact) mass is 788 g/mol. The summed E-state index contributed by atoms with van der Waals surface area (Å²) >= 11 is 0. The van der Waals surface area contributed by atoms with Gasteiger partial charge in [-0.25, -0.2) is 9.59 Å². The van der Waals surface area contributed by atoms with E-state index in [1.165, 1.54) is 6.07 Å². The normalized spacial score (nSPS) is 18.7. The molecule has 58 heavy (non-hydrogen) atoms. The van der Waals surface area contributed by atoms with Crippen molar-refractivity contribution in [2.24, 2.45) is 0 Å². The predicted octanol–water partition coefficient (Wildman–Crippen LogP) is 7.27. The quantitative estimate of drug-likeness (QED) is 0.0912. The van der Waals surface area contributed by atoms with Crippen molar-refractivity contribution in [3.63, 3.8) is 0 Å². The van der Waals surface area contributed by atoms with Crippen LogP contribution in [0.3, 0.4) is 0 Å². The molecule has 0 radical (unpaired) electrons. The van der Waals surface area contributed by atoms with Gasteiger partial charge in [-0.05, 0) is 93.8 Å². The molecule has 2 saturated heterocycles. The fraction of sp³-hybridized carbons (Fsp3) is 0.318. The number of likely N-dealkylation sites (tertiary alicyclic amines) is 2. The third-order valence-electron chi connectivity index (χ3n) is 11.3. The van der Waals surface area contributed by atoms with E-state index in [1.807, 2.05) is 60.7 Å². The van der Waals surface area contributed by atoms with Gasteiger partial charge in [0.25, 0.3) is 0 Å². The van der Waals surface area contributed by atoms with Crippen LogP contribution in [0.1, 0.15) is 61.8 Å². The highest BCUT2D eigenvalue weighted by Gasteiger charge is 2.47. The Hall–Kier alpha value is -6.70. The third-order valence-corrected chi connectivity index (χ3v) is 11.3. The number of anilines is 4. The summed E-state index contributed by atoms with van der Waals surface area (Å²) in [5.74, 6) is -1.21. The number of nitrogens with zero attached hydrogens (tertiary/aromatic N) is 2. The Morgan fingerprint density at radius 1 is 0.603 bits per heavy atom. The molecular weight excluding hydrogens is 741 g/mol. The first-order valence-electron chi connectivity index (χ1n) is 19.2. The highest BCUT2D eigenvalue weighted by Crippen LogP contribution is 2.43. The Kier molecular flexibility index (Phi) is 11.9. The van der Waals surface area contributed by atoms with Crippen LogP contribution in [0.2, 0.25) is 0 Å². The van der Waals surface area contributed by atoms with Crippen LogP contribution in [0, 0.1) is 13.8 Å². The zero-order valence-corrected chi connectivity index (χ0v) is 33.0. The van der Waals surface area contributed by atoms with Crippen LogP contribution in [0.5, 0.6) is 0 Å². The van der Waals surface area contributed by atoms with E-state index >= 15 is 0 Å². The van der Waals surface area contributed by atoms with Crippen molar-refractivity contribution >= 4 is 58.6 Å². The van der Waals surface area contributed by atoms with Crippen LogP contribution in [0.4, 0.5) is 32.3 Å². The number of benzene rings is 4. The fourth-order valence-corrected chi connectivity index (χ4v) is 8.18. The van der Waals surface area contributed by atoms with E-state index in [4.69, 9.17) is 0 Å². The van der Waals surface area contributed by atoms with Gasteiger partial charge in [0, 0.05) is 35.6 Å². The Balaban J connectivity index is 1.28. The van der Waals surface area contributed by atoms with E-state index in [2.05, 4.69) is 21.3 Å². The molecule has 4 aromatic carbocycles. The number of hydrogen-bond acceptors (Lipinski definition) is 6. The SMILES string of the molecule is Cc1cc(-c2ccc(NC(=O)C3(C)CCCN3C(=O)Cc3ccccc3)cc2NC(=O)O)c(NC(=O)O)c(C)c1NC(=O)[C@]1(C)CCCN1C(=O)Cc1ccccc1. The minimum atomic E-state index is -1.40. The summed E-state index contributed by atoms with van der Waals surface area (Å²) in [6, 6.07) is 24.8. The molecule has 0 bridgehead atoms. The Labute approximate surface area is 336 Å². The van der Waals surface area contributed by atoms with Crippen LogP contribution >= 0.6 is 0 Å². The van der Waals surface area contributed by atoms with Crippen LogP contribution in [0.25, 0.3) is 11.1 Å². The van der Waals surface area contributed by atoms with Crippen molar-refractivity contribution in [3.05, 3.63) is 107 Å². The van der Waals surface area contributed by atoms with Crippen molar-refractivity contribution in [2.45, 2.75) is 77.3 Å². The third kappa shape index (κ3) is 8.50. The molecule has 6 N–H and O–H groups in total. The molecule has 2 aliphatic rings. The lowest BCUT2D eigenvalue weighted by atomic mass is 9.92. The maximum atomic E-state index is 14.1. The molecule has 14 heteroatoms. The van der Waals surface area contributed by atoms with Crippen LogP contribution in [0.15, 0.2) is 84.9 Å². The van der Waals surface area contributed by atoms with Gasteiger partial charge < -0.3 is 30.6 Å². The van der Waals surface area contributed by atoms with Gasteiger partial charge in [-0.15, -0.1) is 0 Å². The van der Waals surface area contributed by atoms with Crippen molar-refractivity contribution in [1.82, 2.24) is 9.80 Å². The van der Waals surface area contributed by atoms with Crippen molar-refractivity contribution < 1.29 is 39.0 Å². The van der Waals surface area contributed by atoms with Crippen LogP contribution < -0.4 is 21.3 Å². The molecule has 0 aromatic heterocycles. The lowest BCUT2D eigenvalue weighted by molar-refractivity contribution is -0.141. The van der Waals surface area contributed by atoms with Gasteiger partial charge in [-0.1, -0.05) is 66.7 Å². The largest absolute Gasteiger partial charge is 0.465 e. The molecule has 2 aliphatic heterocycles. The standard InChI is InChI=1S/C44H48N6O8/c1-27-23-33(38(48-42(57)58)28(2)37(27)47-40(54)44(4)20-12-22-50(44)36(52)25-30-15-9-6-10-16-30)32-18-17-31(26-34(32)46-41(55)56)45-39(53)43(3)19-11-21-49(43)35(51)24-29-13-7-5-8-14-29/h5-10,13-18,23,26,46,48H,11-12,19-22,24-25H2,1-4H3,(H,45,53)(H,47,54)(H,55,56)(H,57,58)/t43?,44-/m0/s1. The van der Waals surface area contributed by atoms with Crippen molar-refractivity contribution in [2.75, 3.05) is 34.4 Å². The zero-order chi connectivity index (χ0) is 41.8. The lowest BCUT2D eigenvalue weighted by Crippen LogP contribution is -2.53. The summed E-state index contributed by atoms with van der Waals surface area (Å²) in [5.41, 5.74) is 1.61. The van der Waals surface area contributed by atoms with E-state index in [0.717, 1.165) is 11.1 Å². The van der Waals surface area contributed by atoms with Crippen LogP contribution in [-0.4, -0.2) is 80.0 Å². The molecule has 2 fully saturated rings. The van der Waals surface area contributed by atoms with Crippen molar-refractivity contribution in [3.8, 4) is 11.1 Å². The van der Waals surface area contributed by atoms with E-state index in [1.54, 1.807) is 55.7 Å². The summed E-state index contributed by atoms with van der Waals surface area (Å²) in [6.07, 6.45) is -0.365. The van der Waals surface area contributed by atoms with E-state index in [-0.39, 0.29) is 41.7 Å². The highest BCUT2D eigenvalue weighted by molar-refractivity contribution is 6.06. The van der Waals surface area contributed by atoms with Gasteiger partial charge in [0.2, 0.25) is 23.6 Å². The summed E-state index contributed by atoms with van der Waals surface area (Å²) < 4.78 is 0. The molecule has 2 atom stereocenters. The summed E-state index contributed by atoms with van der Waals surface area (Å²) in [4.78, 5) is 82.3. The van der Waals surface area contributed by atoms with E-state index in [0.29, 0.717) is 66.7 Å². The summed E-state index contributed by atoms with van der Waals surface area (Å²) in [6.45, 7) is 7.64. The molecule has 2 heterocycles. The van der Waals surface area contributed by atoms with Gasteiger partial charge in [-0.2, -0.15) is 0 Å². The Morgan fingerprint density at radius 3 is 1.60 bits per heavy atom. The smallest absolute Gasteiger partial charge is 0.409 e. The molecule has 302 valence electrons. The first-order chi connectivity index (χ1) is 27.6. The molecule has 4 aromatic rings. The number of rotatable bonds is 11. The van der Waals surface area contributed by atoms with Crippen LogP contribution in [-0.2, 0) is 32.0 Å². The van der Waals surface area contributed by atoms with E-state index < -0.39 is 35.1 Å². The second-order valence-corrected chi connectivity index (χ2v) is 15.3. The molecule has 14 nitrogen and oxygen atoms in total. The van der Waals surface area contributed by atoms with Gasteiger partial charge in [-0.3, -0.25) is 29.8 Å². The number of hydrogen-bond donors (Lipinski definition) is 6. The Bertz CT molecular complexity index is 2270. The second kappa shape index (κ2) is 16.8. The Morgan fingerprint density at radius 2 is 1.10 bits per heavy atom. The highest BCUT2D eigenvalue weighted by atomic mass is 16.4. The maximum absolute atomic E-state index is 14.1.